The number of carbonyl (C=O) groups is 1. The zero-order chi connectivity index (χ0) is 14.4. The molecule has 1 aromatic carbocycles. The minimum atomic E-state index is -1.23. The predicted molar refractivity (Wildman–Crippen MR) is 76.9 cm³/mol. The van der Waals surface area contributed by atoms with Crippen LogP contribution in [0.15, 0.2) is 42.9 Å². The number of para-hydroxylation sites is 1. The number of aromatic nitrogens is 2. The smallest absolute Gasteiger partial charge is 0.171 e. The van der Waals surface area contributed by atoms with Crippen LogP contribution in [0, 0.1) is 0 Å². The van der Waals surface area contributed by atoms with E-state index in [1.165, 1.54) is 6.33 Å². The van der Waals surface area contributed by atoms with Gasteiger partial charge in [-0.25, -0.2) is 4.98 Å². The first kappa shape index (κ1) is 14.0. The Hall–Kier alpha value is -2.41. The number of carboxylic acids is 1. The van der Waals surface area contributed by atoms with Crippen molar-refractivity contribution in [3.05, 3.63) is 48.5 Å². The lowest BCUT2D eigenvalue weighted by Crippen LogP contribution is -2.50. The molecule has 0 aliphatic carbocycles. The first-order valence-corrected chi connectivity index (χ1v) is 6.36. The van der Waals surface area contributed by atoms with E-state index >= 15 is 0 Å². The molecule has 1 atom stereocenters. The molecule has 0 amide bonds. The molecule has 0 aliphatic heterocycles. The molecule has 0 bridgehead atoms. The summed E-state index contributed by atoms with van der Waals surface area (Å²) in [5, 5.41) is 17.0. The minimum Gasteiger partial charge on any atom is -0.548 e. The van der Waals surface area contributed by atoms with E-state index in [0.29, 0.717) is 5.69 Å². The molecule has 20 heavy (non-hydrogen) atoms. The number of hydrogen-bond donors (Lipinski definition) is 3. The first-order chi connectivity index (χ1) is 9.65. The molecule has 2 aromatic rings. The van der Waals surface area contributed by atoms with E-state index in [-0.39, 0.29) is 11.5 Å². The quantitative estimate of drug-likeness (QED) is 0.674. The highest BCUT2D eigenvalue weighted by Crippen LogP contribution is 2.05. The Labute approximate surface area is 121 Å². The van der Waals surface area contributed by atoms with E-state index in [2.05, 4.69) is 20.6 Å². The van der Waals surface area contributed by atoms with Crippen molar-refractivity contribution in [1.82, 2.24) is 15.3 Å². The number of anilines is 1. The fourth-order valence-electron chi connectivity index (χ4n) is 1.66. The molecule has 0 saturated carbocycles. The molecule has 0 spiro atoms. The summed E-state index contributed by atoms with van der Waals surface area (Å²) in [6.45, 7) is 0. The van der Waals surface area contributed by atoms with Gasteiger partial charge in [0.1, 0.15) is 0 Å². The van der Waals surface area contributed by atoms with Crippen molar-refractivity contribution in [2.24, 2.45) is 0 Å². The Morgan fingerprint density at radius 1 is 1.40 bits per heavy atom. The van der Waals surface area contributed by atoms with E-state index < -0.39 is 12.0 Å². The van der Waals surface area contributed by atoms with Crippen LogP contribution in [0.4, 0.5) is 5.69 Å². The molecule has 1 aromatic heterocycles. The van der Waals surface area contributed by atoms with Gasteiger partial charge in [-0.15, -0.1) is 0 Å². The van der Waals surface area contributed by atoms with E-state index in [1.807, 2.05) is 30.3 Å². The van der Waals surface area contributed by atoms with Crippen LogP contribution in [-0.4, -0.2) is 27.1 Å². The number of imidazole rings is 1. The largest absolute Gasteiger partial charge is 0.548 e. The number of rotatable bonds is 5. The summed E-state index contributed by atoms with van der Waals surface area (Å²) in [6, 6.07) is 8.31. The summed E-state index contributed by atoms with van der Waals surface area (Å²) in [4.78, 5) is 17.8. The third kappa shape index (κ3) is 4.06. The van der Waals surface area contributed by atoms with Gasteiger partial charge in [0.05, 0.1) is 18.3 Å². The van der Waals surface area contributed by atoms with Crippen molar-refractivity contribution in [1.29, 1.82) is 0 Å². The van der Waals surface area contributed by atoms with Crippen molar-refractivity contribution in [2.45, 2.75) is 12.5 Å². The summed E-state index contributed by atoms with van der Waals surface area (Å²) in [6.07, 6.45) is 3.26. The van der Waals surface area contributed by atoms with Crippen LogP contribution in [-0.2, 0) is 11.2 Å². The Morgan fingerprint density at radius 2 is 2.15 bits per heavy atom. The van der Waals surface area contributed by atoms with Gasteiger partial charge in [-0.2, -0.15) is 0 Å². The number of H-pyrrole nitrogens is 1. The number of nitrogens with one attached hydrogen (secondary N) is 3. The lowest BCUT2D eigenvalue weighted by molar-refractivity contribution is -0.308. The highest BCUT2D eigenvalue weighted by molar-refractivity contribution is 7.80. The van der Waals surface area contributed by atoms with Gasteiger partial charge in [0.2, 0.25) is 0 Å². The second-order valence-corrected chi connectivity index (χ2v) is 4.53. The molecule has 6 nitrogen and oxygen atoms in total. The van der Waals surface area contributed by atoms with Gasteiger partial charge in [-0.1, -0.05) is 18.2 Å². The summed E-state index contributed by atoms with van der Waals surface area (Å²) in [5.41, 5.74) is 1.47. The van der Waals surface area contributed by atoms with Crippen molar-refractivity contribution in [2.75, 3.05) is 5.32 Å². The van der Waals surface area contributed by atoms with Gasteiger partial charge in [-0.05, 0) is 24.4 Å². The third-order valence-electron chi connectivity index (χ3n) is 2.60. The summed E-state index contributed by atoms with van der Waals surface area (Å²) in [5.74, 6) is -1.23. The molecular formula is C13H13N4O2S-. The van der Waals surface area contributed by atoms with Crippen molar-refractivity contribution in [3.63, 3.8) is 0 Å². The lowest BCUT2D eigenvalue weighted by Gasteiger charge is -2.21. The van der Waals surface area contributed by atoms with Crippen LogP contribution < -0.4 is 15.7 Å². The lowest BCUT2D eigenvalue weighted by atomic mass is 10.2. The minimum absolute atomic E-state index is 0.207. The first-order valence-electron chi connectivity index (χ1n) is 5.96. The molecule has 0 saturated heterocycles. The van der Waals surface area contributed by atoms with Gasteiger partial charge in [-0.3, -0.25) is 0 Å². The summed E-state index contributed by atoms with van der Waals surface area (Å²) < 4.78 is 0. The van der Waals surface area contributed by atoms with Crippen molar-refractivity contribution >= 4 is 29.0 Å². The number of aromatic amines is 1. The second-order valence-electron chi connectivity index (χ2n) is 4.12. The van der Waals surface area contributed by atoms with Crippen molar-refractivity contribution < 1.29 is 9.90 Å². The van der Waals surface area contributed by atoms with Gasteiger partial charge >= 0.3 is 0 Å². The van der Waals surface area contributed by atoms with Crippen LogP contribution in [0.5, 0.6) is 0 Å². The fourth-order valence-corrected chi connectivity index (χ4v) is 1.92. The zero-order valence-corrected chi connectivity index (χ0v) is 11.3. The molecule has 0 fully saturated rings. The van der Waals surface area contributed by atoms with E-state index in [1.54, 1.807) is 6.20 Å². The zero-order valence-electron chi connectivity index (χ0n) is 10.5. The standard InChI is InChI=1S/C13H14N4O2S/c18-12(19)11(6-10-7-14-8-15-10)17-13(20)16-9-4-2-1-3-5-9/h1-5,7-8,11H,6H2,(H,14,15)(H,18,19)(H2,16,17,20)/p-1/t11-/m0/s1. The van der Waals surface area contributed by atoms with Gasteiger partial charge in [0, 0.05) is 24.0 Å². The SMILES string of the molecule is O=C([O-])[C@H](Cc1cnc[nH]1)NC(=S)Nc1ccccc1. The topological polar surface area (TPSA) is 92.9 Å². The molecule has 1 heterocycles. The number of aliphatic carboxylic acids is 1. The highest BCUT2D eigenvalue weighted by atomic mass is 32.1. The van der Waals surface area contributed by atoms with Crippen LogP contribution in [0.25, 0.3) is 0 Å². The average Bonchev–Trinajstić information content (AvgIpc) is 2.92. The number of carboxylic acid groups (broad SMARTS) is 1. The number of benzene rings is 1. The maximum atomic E-state index is 11.1. The normalized spacial score (nSPS) is 11.6. The van der Waals surface area contributed by atoms with Crippen molar-refractivity contribution in [3.8, 4) is 0 Å². The summed E-state index contributed by atoms with van der Waals surface area (Å²) >= 11 is 5.09. The molecule has 0 radical (unpaired) electrons. The van der Waals surface area contributed by atoms with E-state index in [4.69, 9.17) is 12.2 Å². The summed E-state index contributed by atoms with van der Waals surface area (Å²) in [7, 11) is 0. The Balaban J connectivity index is 1.94. The van der Waals surface area contributed by atoms with Crippen LogP contribution in [0.2, 0.25) is 0 Å². The molecule has 104 valence electrons. The van der Waals surface area contributed by atoms with E-state index in [0.717, 1.165) is 5.69 Å². The Morgan fingerprint density at radius 3 is 2.75 bits per heavy atom. The molecule has 0 aliphatic rings. The average molecular weight is 289 g/mol. The van der Waals surface area contributed by atoms with Crippen LogP contribution in [0.1, 0.15) is 5.69 Å². The molecule has 7 heteroatoms. The highest BCUT2D eigenvalue weighted by Gasteiger charge is 2.13. The Kier molecular flexibility index (Phi) is 4.67. The van der Waals surface area contributed by atoms with Crippen LogP contribution >= 0.6 is 12.2 Å². The molecule has 2 rings (SSSR count). The van der Waals surface area contributed by atoms with Gasteiger partial charge in [0.15, 0.2) is 5.11 Å². The van der Waals surface area contributed by atoms with Crippen LogP contribution in [0.3, 0.4) is 0 Å². The second kappa shape index (κ2) is 6.67. The fraction of sp³-hybridized carbons (Fsp3) is 0.154. The Bertz CT molecular complexity index is 571. The molecule has 3 N–H and O–H groups in total. The maximum absolute atomic E-state index is 11.1. The number of nitrogens with zero attached hydrogens (tertiary/aromatic N) is 1. The van der Waals surface area contributed by atoms with Gasteiger partial charge < -0.3 is 25.5 Å². The number of hydrogen-bond acceptors (Lipinski definition) is 4. The number of carbonyl (C=O) groups excluding carboxylic acids is 1. The third-order valence-corrected chi connectivity index (χ3v) is 2.82. The molecule has 0 unspecified atom stereocenters. The van der Waals surface area contributed by atoms with E-state index in [9.17, 15) is 9.90 Å². The molecular weight excluding hydrogens is 276 g/mol. The van der Waals surface area contributed by atoms with Gasteiger partial charge in [0.25, 0.3) is 0 Å². The maximum Gasteiger partial charge on any atom is 0.171 e. The predicted octanol–water partition coefficient (Wildman–Crippen LogP) is 0.0573. The number of thiocarbonyl (C=S) groups is 1. The monoisotopic (exact) mass is 289 g/mol.